The number of carbonyl (C=O) groups excluding carboxylic acids is 1. The molecule has 0 aliphatic rings. The van der Waals surface area contributed by atoms with Gasteiger partial charge in [-0.25, -0.2) is 0 Å². The van der Waals surface area contributed by atoms with Crippen LogP contribution in [0.2, 0.25) is 0 Å². The van der Waals surface area contributed by atoms with Gasteiger partial charge in [0.25, 0.3) is 5.91 Å². The fourth-order valence-corrected chi connectivity index (χ4v) is 1.70. The molecular weight excluding hydrogens is 240 g/mol. The average Bonchev–Trinajstić information content (AvgIpc) is 2.41. The van der Waals surface area contributed by atoms with Gasteiger partial charge in [0.05, 0.1) is 0 Å². The summed E-state index contributed by atoms with van der Waals surface area (Å²) in [6.45, 7) is 6.27. The first kappa shape index (κ1) is 15.7. The fourth-order valence-electron chi connectivity index (χ4n) is 1.70. The van der Waals surface area contributed by atoms with Crippen molar-refractivity contribution in [2.45, 2.75) is 26.3 Å². The highest BCUT2D eigenvalue weighted by Gasteiger charge is 2.04. The van der Waals surface area contributed by atoms with Crippen LogP contribution in [0, 0.1) is 6.92 Å². The maximum atomic E-state index is 11.8. The molecule has 0 aliphatic carbocycles. The van der Waals surface area contributed by atoms with Crippen molar-refractivity contribution in [3.05, 3.63) is 35.4 Å². The highest BCUT2D eigenvalue weighted by molar-refractivity contribution is 5.94. The maximum Gasteiger partial charge on any atom is 0.251 e. The third-order valence-electron chi connectivity index (χ3n) is 2.97. The summed E-state index contributed by atoms with van der Waals surface area (Å²) in [5.74, 6) is -0.0219. The van der Waals surface area contributed by atoms with E-state index in [9.17, 15) is 4.79 Å². The number of ether oxygens (including phenoxy) is 1. The summed E-state index contributed by atoms with van der Waals surface area (Å²) in [6.07, 6.45) is 0.975. The Bertz CT molecular complexity index is 376. The molecule has 0 bridgehead atoms. The molecule has 4 nitrogen and oxygen atoms in total. The first-order chi connectivity index (χ1) is 9.13. The first-order valence-corrected chi connectivity index (χ1v) is 6.70. The molecule has 1 amide bonds. The number of hydrogen-bond donors (Lipinski definition) is 2. The number of amides is 1. The van der Waals surface area contributed by atoms with Crippen LogP contribution >= 0.6 is 0 Å². The highest BCUT2D eigenvalue weighted by atomic mass is 16.5. The molecule has 1 rings (SSSR count). The molecule has 4 heteroatoms. The number of methoxy groups -OCH3 is 1. The number of aryl methyl sites for hydroxylation is 1. The molecule has 1 aromatic rings. The van der Waals surface area contributed by atoms with E-state index in [1.54, 1.807) is 7.11 Å². The lowest BCUT2D eigenvalue weighted by Crippen LogP contribution is -2.36. The molecule has 0 heterocycles. The smallest absolute Gasteiger partial charge is 0.251 e. The molecule has 106 valence electrons. The van der Waals surface area contributed by atoms with Gasteiger partial charge >= 0.3 is 0 Å². The first-order valence-electron chi connectivity index (χ1n) is 6.70. The van der Waals surface area contributed by atoms with Crippen LogP contribution in [-0.4, -0.2) is 38.8 Å². The van der Waals surface area contributed by atoms with E-state index in [1.807, 2.05) is 31.2 Å². The second-order valence-electron chi connectivity index (χ2n) is 4.76. The third-order valence-corrected chi connectivity index (χ3v) is 2.97. The lowest BCUT2D eigenvalue weighted by Gasteiger charge is -2.13. The minimum absolute atomic E-state index is 0.0219. The van der Waals surface area contributed by atoms with Gasteiger partial charge in [-0.05, 0) is 32.4 Å². The Labute approximate surface area is 115 Å². The van der Waals surface area contributed by atoms with E-state index in [2.05, 4.69) is 17.6 Å². The zero-order chi connectivity index (χ0) is 14.1. The van der Waals surface area contributed by atoms with Gasteiger partial charge < -0.3 is 15.4 Å². The predicted molar refractivity (Wildman–Crippen MR) is 77.5 cm³/mol. The van der Waals surface area contributed by atoms with Crippen molar-refractivity contribution in [2.24, 2.45) is 0 Å². The van der Waals surface area contributed by atoms with Crippen LogP contribution in [0.25, 0.3) is 0 Å². The zero-order valence-corrected chi connectivity index (χ0v) is 12.0. The van der Waals surface area contributed by atoms with Gasteiger partial charge in [-0.2, -0.15) is 0 Å². The number of benzene rings is 1. The molecule has 1 aromatic carbocycles. The molecule has 0 fully saturated rings. The van der Waals surface area contributed by atoms with Gasteiger partial charge in [0, 0.05) is 38.4 Å². The maximum absolute atomic E-state index is 11.8. The molecule has 1 unspecified atom stereocenters. The number of carbonyl (C=O) groups is 1. The zero-order valence-electron chi connectivity index (χ0n) is 12.0. The molecule has 0 aliphatic heterocycles. The van der Waals surface area contributed by atoms with Crippen LogP contribution in [0.15, 0.2) is 24.3 Å². The normalized spacial score (nSPS) is 12.2. The molecule has 0 saturated heterocycles. The third kappa shape index (κ3) is 6.36. The van der Waals surface area contributed by atoms with Gasteiger partial charge in [0.15, 0.2) is 0 Å². The second-order valence-corrected chi connectivity index (χ2v) is 4.76. The van der Waals surface area contributed by atoms with Crippen LogP contribution < -0.4 is 10.6 Å². The summed E-state index contributed by atoms with van der Waals surface area (Å²) in [5.41, 5.74) is 1.86. The average molecular weight is 264 g/mol. The van der Waals surface area contributed by atoms with Crippen LogP contribution in [0.1, 0.15) is 29.3 Å². The molecule has 19 heavy (non-hydrogen) atoms. The SMILES string of the molecule is COCCC(C)NCCNC(=O)c1ccc(C)cc1. The highest BCUT2D eigenvalue weighted by Crippen LogP contribution is 2.02. The van der Waals surface area contributed by atoms with Crippen molar-refractivity contribution in [1.82, 2.24) is 10.6 Å². The Kier molecular flexibility index (Phi) is 7.15. The van der Waals surface area contributed by atoms with Crippen LogP contribution in [0.3, 0.4) is 0 Å². The summed E-state index contributed by atoms with van der Waals surface area (Å²) < 4.78 is 5.01. The van der Waals surface area contributed by atoms with Crippen molar-refractivity contribution in [3.63, 3.8) is 0 Å². The minimum Gasteiger partial charge on any atom is -0.385 e. The van der Waals surface area contributed by atoms with Gasteiger partial charge in [-0.1, -0.05) is 17.7 Å². The van der Waals surface area contributed by atoms with E-state index in [1.165, 1.54) is 0 Å². The van der Waals surface area contributed by atoms with Gasteiger partial charge in [-0.15, -0.1) is 0 Å². The van der Waals surface area contributed by atoms with E-state index in [0.717, 1.165) is 25.1 Å². The summed E-state index contributed by atoms with van der Waals surface area (Å²) >= 11 is 0. The van der Waals surface area contributed by atoms with Gasteiger partial charge in [0.1, 0.15) is 0 Å². The van der Waals surface area contributed by atoms with Crippen LogP contribution in [0.4, 0.5) is 0 Å². The fraction of sp³-hybridized carbons (Fsp3) is 0.533. The summed E-state index contributed by atoms with van der Waals surface area (Å²) in [6, 6.07) is 7.98. The number of hydrogen-bond acceptors (Lipinski definition) is 3. The van der Waals surface area contributed by atoms with E-state index >= 15 is 0 Å². The summed E-state index contributed by atoms with van der Waals surface area (Å²) in [7, 11) is 1.70. The second kappa shape index (κ2) is 8.67. The molecule has 0 radical (unpaired) electrons. The Balaban J connectivity index is 2.18. The monoisotopic (exact) mass is 264 g/mol. The number of nitrogens with one attached hydrogen (secondary N) is 2. The van der Waals surface area contributed by atoms with Gasteiger partial charge in [-0.3, -0.25) is 4.79 Å². The Morgan fingerprint density at radius 1 is 1.26 bits per heavy atom. The van der Waals surface area contributed by atoms with E-state index in [4.69, 9.17) is 4.74 Å². The van der Waals surface area contributed by atoms with Crippen molar-refractivity contribution >= 4 is 5.91 Å². The standard InChI is InChI=1S/C15H24N2O2/c1-12-4-6-14(7-5-12)15(18)17-10-9-16-13(2)8-11-19-3/h4-7,13,16H,8-11H2,1-3H3,(H,17,18). The van der Waals surface area contributed by atoms with Crippen molar-refractivity contribution in [1.29, 1.82) is 0 Å². The topological polar surface area (TPSA) is 50.4 Å². The largest absolute Gasteiger partial charge is 0.385 e. The van der Waals surface area contributed by atoms with Crippen LogP contribution in [-0.2, 0) is 4.74 Å². The van der Waals surface area contributed by atoms with Crippen LogP contribution in [0.5, 0.6) is 0 Å². The lowest BCUT2D eigenvalue weighted by atomic mass is 10.1. The Morgan fingerprint density at radius 2 is 1.95 bits per heavy atom. The van der Waals surface area contributed by atoms with Crippen molar-refractivity contribution < 1.29 is 9.53 Å². The molecule has 0 saturated carbocycles. The summed E-state index contributed by atoms with van der Waals surface area (Å²) in [4.78, 5) is 11.8. The van der Waals surface area contributed by atoms with Crippen molar-refractivity contribution in [2.75, 3.05) is 26.8 Å². The molecule has 0 aromatic heterocycles. The van der Waals surface area contributed by atoms with Gasteiger partial charge in [0.2, 0.25) is 0 Å². The molecule has 1 atom stereocenters. The Hall–Kier alpha value is -1.39. The van der Waals surface area contributed by atoms with E-state index in [-0.39, 0.29) is 5.91 Å². The van der Waals surface area contributed by atoms with E-state index in [0.29, 0.717) is 18.2 Å². The quantitative estimate of drug-likeness (QED) is 0.703. The molecule has 2 N–H and O–H groups in total. The summed E-state index contributed by atoms with van der Waals surface area (Å²) in [5, 5.41) is 6.24. The predicted octanol–water partition coefficient (Wildman–Crippen LogP) is 1.74. The molecular formula is C15H24N2O2. The molecule has 0 spiro atoms. The minimum atomic E-state index is -0.0219. The lowest BCUT2D eigenvalue weighted by molar-refractivity contribution is 0.0953. The number of rotatable bonds is 8. The Morgan fingerprint density at radius 3 is 2.58 bits per heavy atom. The van der Waals surface area contributed by atoms with Crippen molar-refractivity contribution in [3.8, 4) is 0 Å². The van der Waals surface area contributed by atoms with E-state index < -0.39 is 0 Å².